The molecule has 0 bridgehead atoms. The molecule has 1 aliphatic rings. The molecular weight excluding hydrogens is 509 g/mol. The summed E-state index contributed by atoms with van der Waals surface area (Å²) in [6.45, 7) is 5.15. The highest BCUT2D eigenvalue weighted by atomic mass is 19.2. The van der Waals surface area contributed by atoms with Crippen LogP contribution in [0.4, 0.5) is 13.2 Å². The van der Waals surface area contributed by atoms with Gasteiger partial charge in [-0.15, -0.1) is 0 Å². The average Bonchev–Trinajstić information content (AvgIpc) is 2.98. The Balaban J connectivity index is 1.38. The van der Waals surface area contributed by atoms with Gasteiger partial charge in [-0.2, -0.15) is 0 Å². The molecule has 40 heavy (non-hydrogen) atoms. The Bertz CT molecular complexity index is 1240. The molecule has 0 amide bonds. The van der Waals surface area contributed by atoms with Crippen LogP contribution < -0.4 is 0 Å². The third-order valence-corrected chi connectivity index (χ3v) is 7.70. The molecule has 0 saturated carbocycles. The average molecular weight is 551 g/mol. The van der Waals surface area contributed by atoms with Gasteiger partial charge in [0.15, 0.2) is 17.9 Å². The first-order chi connectivity index (χ1) is 19.5. The number of hydrogen-bond donors (Lipinski definition) is 0. The van der Waals surface area contributed by atoms with Crippen LogP contribution in [0.15, 0.2) is 66.7 Å². The van der Waals surface area contributed by atoms with Gasteiger partial charge >= 0.3 is 0 Å². The van der Waals surface area contributed by atoms with Crippen LogP contribution in [0.3, 0.4) is 0 Å². The van der Waals surface area contributed by atoms with Gasteiger partial charge in [0.2, 0.25) is 0 Å². The van der Waals surface area contributed by atoms with E-state index in [0.29, 0.717) is 41.9 Å². The molecule has 0 N–H and O–H groups in total. The van der Waals surface area contributed by atoms with Crippen molar-refractivity contribution in [3.63, 3.8) is 0 Å². The monoisotopic (exact) mass is 550 g/mol. The Hall–Kier alpha value is -2.89. The van der Waals surface area contributed by atoms with Crippen molar-refractivity contribution < 1.29 is 22.6 Å². The van der Waals surface area contributed by atoms with E-state index in [4.69, 9.17) is 9.47 Å². The van der Waals surface area contributed by atoms with E-state index in [0.717, 1.165) is 37.7 Å². The van der Waals surface area contributed by atoms with Gasteiger partial charge in [0, 0.05) is 23.5 Å². The van der Waals surface area contributed by atoms with Crippen LogP contribution in [0.2, 0.25) is 0 Å². The second-order valence-electron chi connectivity index (χ2n) is 10.7. The third kappa shape index (κ3) is 7.86. The summed E-state index contributed by atoms with van der Waals surface area (Å²) < 4.78 is 56.6. The molecule has 0 atom stereocenters. The molecule has 0 aromatic heterocycles. The molecule has 1 saturated heterocycles. The number of ether oxygens (including phenoxy) is 2. The molecule has 3 aromatic rings. The van der Waals surface area contributed by atoms with Gasteiger partial charge in [-0.05, 0) is 54.5 Å². The Labute approximate surface area is 237 Å². The second-order valence-corrected chi connectivity index (χ2v) is 10.7. The van der Waals surface area contributed by atoms with Crippen LogP contribution in [-0.2, 0) is 15.9 Å². The van der Waals surface area contributed by atoms with E-state index < -0.39 is 11.6 Å². The van der Waals surface area contributed by atoms with Crippen molar-refractivity contribution in [1.82, 2.24) is 0 Å². The van der Waals surface area contributed by atoms with E-state index in [2.05, 4.69) is 13.0 Å². The number of rotatable bonds is 13. The lowest BCUT2D eigenvalue weighted by Gasteiger charge is -2.29. The normalized spacial score (nSPS) is 17.5. The number of hydrogen-bond acceptors (Lipinski definition) is 2. The maximum absolute atomic E-state index is 15.1. The molecule has 5 heteroatoms. The first-order valence-electron chi connectivity index (χ1n) is 14.7. The zero-order valence-electron chi connectivity index (χ0n) is 23.7. The van der Waals surface area contributed by atoms with Crippen LogP contribution in [0, 0.1) is 17.5 Å². The van der Waals surface area contributed by atoms with E-state index in [1.165, 1.54) is 19.3 Å². The van der Waals surface area contributed by atoms with Crippen molar-refractivity contribution in [2.24, 2.45) is 0 Å². The Morgan fingerprint density at radius 1 is 0.775 bits per heavy atom. The minimum absolute atomic E-state index is 0.0224. The fraction of sp³-hybridized carbons (Fsp3) is 0.429. The summed E-state index contributed by atoms with van der Waals surface area (Å²) in [6.07, 6.45) is 12.7. The molecule has 1 heterocycles. The lowest BCUT2D eigenvalue weighted by atomic mass is 9.94. The Morgan fingerprint density at radius 2 is 1.43 bits per heavy atom. The predicted molar refractivity (Wildman–Crippen MR) is 157 cm³/mol. The second kappa shape index (κ2) is 15.2. The summed E-state index contributed by atoms with van der Waals surface area (Å²) in [5, 5.41) is 0. The van der Waals surface area contributed by atoms with Crippen molar-refractivity contribution in [2.45, 2.75) is 83.8 Å². The van der Waals surface area contributed by atoms with E-state index in [9.17, 15) is 8.78 Å². The highest BCUT2D eigenvalue weighted by molar-refractivity contribution is 5.71. The van der Waals surface area contributed by atoms with Crippen molar-refractivity contribution in [1.29, 1.82) is 0 Å². The zero-order chi connectivity index (χ0) is 28.3. The fourth-order valence-corrected chi connectivity index (χ4v) is 5.25. The summed E-state index contributed by atoms with van der Waals surface area (Å²) in [6, 6.07) is 15.5. The highest BCUT2D eigenvalue weighted by Gasteiger charge is 2.24. The molecule has 3 aromatic carbocycles. The number of aryl methyl sites for hydroxylation is 1. The van der Waals surface area contributed by atoms with E-state index >= 15 is 4.39 Å². The molecule has 0 spiro atoms. The summed E-state index contributed by atoms with van der Waals surface area (Å²) in [4.78, 5) is 0. The van der Waals surface area contributed by atoms with Crippen molar-refractivity contribution in [3.05, 3.63) is 95.3 Å². The van der Waals surface area contributed by atoms with Gasteiger partial charge in [-0.1, -0.05) is 99.7 Å². The highest BCUT2D eigenvalue weighted by Crippen LogP contribution is 2.32. The Morgan fingerprint density at radius 3 is 2.10 bits per heavy atom. The minimum Gasteiger partial charge on any atom is -0.352 e. The molecule has 1 fully saturated rings. The summed E-state index contributed by atoms with van der Waals surface area (Å²) in [5.74, 6) is -1.95. The molecule has 1 aliphatic heterocycles. The smallest absolute Gasteiger partial charge is 0.166 e. The van der Waals surface area contributed by atoms with Gasteiger partial charge in [0.05, 0.1) is 13.2 Å². The van der Waals surface area contributed by atoms with E-state index in [1.54, 1.807) is 48.5 Å². The largest absolute Gasteiger partial charge is 0.352 e. The SMILES string of the molecule is CC=CCCC1OCC(c2ccc(-c3ccc(-c4ccc(CCCCCCCC)c(F)c4F)cc3)c(F)c2)CO1. The molecule has 0 unspecified atom stereocenters. The van der Waals surface area contributed by atoms with Crippen LogP contribution in [-0.4, -0.2) is 19.5 Å². The van der Waals surface area contributed by atoms with E-state index in [-0.39, 0.29) is 23.6 Å². The van der Waals surface area contributed by atoms with Gasteiger partial charge in [0.1, 0.15) is 5.82 Å². The predicted octanol–water partition coefficient (Wildman–Crippen LogP) is 10.2. The number of halogens is 3. The van der Waals surface area contributed by atoms with Crippen molar-refractivity contribution in [3.8, 4) is 22.3 Å². The van der Waals surface area contributed by atoms with Crippen LogP contribution in [0.1, 0.15) is 82.3 Å². The molecule has 0 radical (unpaired) electrons. The first-order valence-corrected chi connectivity index (χ1v) is 14.7. The van der Waals surface area contributed by atoms with Gasteiger partial charge in [0.25, 0.3) is 0 Å². The molecule has 2 nitrogen and oxygen atoms in total. The standard InChI is InChI=1S/C35H41F3O2/c1-3-5-7-8-9-11-12-27-18-21-31(35(38)34(27)37)26-16-14-25(15-17-26)30-20-19-28(22-32(30)36)29-23-39-33(40-24-29)13-10-6-4-2/h4,6,14-22,29,33H,3,5,7-13,23-24H2,1-2H3. The summed E-state index contributed by atoms with van der Waals surface area (Å²) >= 11 is 0. The molecule has 4 rings (SSSR count). The summed E-state index contributed by atoms with van der Waals surface area (Å²) in [7, 11) is 0. The van der Waals surface area contributed by atoms with Crippen LogP contribution in [0.25, 0.3) is 22.3 Å². The maximum atomic E-state index is 15.1. The lowest BCUT2D eigenvalue weighted by Crippen LogP contribution is -2.30. The van der Waals surface area contributed by atoms with Gasteiger partial charge in [-0.25, -0.2) is 13.2 Å². The van der Waals surface area contributed by atoms with Crippen molar-refractivity contribution in [2.75, 3.05) is 13.2 Å². The number of allylic oxidation sites excluding steroid dienone is 2. The third-order valence-electron chi connectivity index (χ3n) is 7.70. The lowest BCUT2D eigenvalue weighted by molar-refractivity contribution is -0.189. The Kier molecular flexibility index (Phi) is 11.4. The van der Waals surface area contributed by atoms with Crippen LogP contribution in [0.5, 0.6) is 0 Å². The number of benzene rings is 3. The molecule has 214 valence electrons. The zero-order valence-corrected chi connectivity index (χ0v) is 23.7. The van der Waals surface area contributed by atoms with E-state index in [1.807, 2.05) is 19.1 Å². The number of unbranched alkanes of at least 4 members (excludes halogenated alkanes) is 5. The summed E-state index contributed by atoms with van der Waals surface area (Å²) in [5.41, 5.74) is 3.17. The van der Waals surface area contributed by atoms with Crippen LogP contribution >= 0.6 is 0 Å². The topological polar surface area (TPSA) is 18.5 Å². The van der Waals surface area contributed by atoms with Gasteiger partial charge < -0.3 is 9.47 Å². The first kappa shape index (κ1) is 30.1. The maximum Gasteiger partial charge on any atom is 0.166 e. The fourth-order valence-electron chi connectivity index (χ4n) is 5.25. The van der Waals surface area contributed by atoms with Crippen molar-refractivity contribution >= 4 is 0 Å². The molecular formula is C35H41F3O2. The van der Waals surface area contributed by atoms with Gasteiger partial charge in [-0.3, -0.25) is 0 Å². The minimum atomic E-state index is -0.826. The molecule has 0 aliphatic carbocycles. The quantitative estimate of drug-likeness (QED) is 0.156.